The van der Waals surface area contributed by atoms with E-state index in [0.29, 0.717) is 22.5 Å². The predicted octanol–water partition coefficient (Wildman–Crippen LogP) is 1.32. The maximum absolute atomic E-state index is 6.07. The topological polar surface area (TPSA) is 62.5 Å². The molecule has 0 bridgehead atoms. The molecule has 7 nitrogen and oxygen atoms in total. The van der Waals surface area contributed by atoms with Gasteiger partial charge in [0.15, 0.2) is 11.5 Å². The highest BCUT2D eigenvalue weighted by molar-refractivity contribution is 6.31. The third kappa shape index (κ3) is 2.00. The minimum atomic E-state index is 0.584. The molecule has 3 aromatic rings. The lowest BCUT2D eigenvalue weighted by Crippen LogP contribution is -2.27. The molecular formula is C15H16ClN7. The molecule has 0 saturated carbocycles. The monoisotopic (exact) mass is 329 g/mol. The van der Waals surface area contributed by atoms with Crippen molar-refractivity contribution >= 4 is 34.2 Å². The van der Waals surface area contributed by atoms with E-state index < -0.39 is 0 Å². The van der Waals surface area contributed by atoms with Crippen LogP contribution in [0.15, 0.2) is 18.6 Å². The number of rotatable bonds is 1. The molecule has 3 aromatic heterocycles. The molecule has 5 rings (SSSR count). The summed E-state index contributed by atoms with van der Waals surface area (Å²) in [6.45, 7) is 4.35. The van der Waals surface area contributed by atoms with Crippen LogP contribution >= 0.6 is 11.6 Å². The van der Waals surface area contributed by atoms with Crippen LogP contribution in [-0.4, -0.2) is 62.7 Å². The second kappa shape index (κ2) is 4.75. The molecule has 2 aliphatic rings. The molecule has 8 heteroatoms. The third-order valence-corrected chi connectivity index (χ3v) is 5.21. The predicted molar refractivity (Wildman–Crippen MR) is 87.8 cm³/mol. The Morgan fingerprint density at radius 3 is 2.74 bits per heavy atom. The van der Waals surface area contributed by atoms with Gasteiger partial charge in [0, 0.05) is 32.4 Å². The molecule has 118 valence electrons. The van der Waals surface area contributed by atoms with Crippen molar-refractivity contribution in [2.75, 3.05) is 38.1 Å². The summed E-state index contributed by atoms with van der Waals surface area (Å²) in [4.78, 5) is 13.9. The maximum Gasteiger partial charge on any atom is 0.204 e. The van der Waals surface area contributed by atoms with Crippen LogP contribution in [0, 0.1) is 11.8 Å². The SMILES string of the molecule is CN1CC2CN(c3nc4ncc(Cl)cc4n4cnnc34)CC2C1. The van der Waals surface area contributed by atoms with Gasteiger partial charge in [0.05, 0.1) is 10.5 Å². The molecule has 0 radical (unpaired) electrons. The minimum Gasteiger partial charge on any atom is -0.353 e. The Bertz CT molecular complexity index is 893. The lowest BCUT2D eigenvalue weighted by molar-refractivity contribution is 0.387. The van der Waals surface area contributed by atoms with E-state index in [0.717, 1.165) is 43.2 Å². The van der Waals surface area contributed by atoms with Crippen LogP contribution in [0.5, 0.6) is 0 Å². The number of nitrogens with zero attached hydrogens (tertiary/aromatic N) is 7. The number of anilines is 1. The van der Waals surface area contributed by atoms with Crippen molar-refractivity contribution in [1.29, 1.82) is 0 Å². The molecular weight excluding hydrogens is 314 g/mol. The zero-order valence-corrected chi connectivity index (χ0v) is 13.5. The molecule has 2 atom stereocenters. The number of halogens is 1. The molecule has 2 unspecified atom stereocenters. The van der Waals surface area contributed by atoms with Crippen molar-refractivity contribution in [3.63, 3.8) is 0 Å². The van der Waals surface area contributed by atoms with Crippen LogP contribution in [0.2, 0.25) is 5.02 Å². The summed E-state index contributed by atoms with van der Waals surface area (Å²) in [6, 6.07) is 1.85. The fourth-order valence-corrected chi connectivity index (χ4v) is 4.16. The molecule has 2 aliphatic heterocycles. The van der Waals surface area contributed by atoms with Gasteiger partial charge in [-0.05, 0) is 24.9 Å². The zero-order chi connectivity index (χ0) is 15.6. The summed E-state index contributed by atoms with van der Waals surface area (Å²) < 4.78 is 1.93. The quantitative estimate of drug-likeness (QED) is 0.671. The van der Waals surface area contributed by atoms with Crippen LogP contribution in [-0.2, 0) is 0 Å². The highest BCUT2D eigenvalue weighted by atomic mass is 35.5. The number of likely N-dealkylation sites (tertiary alicyclic amines) is 1. The molecule has 2 saturated heterocycles. The van der Waals surface area contributed by atoms with Crippen molar-refractivity contribution in [3.8, 4) is 0 Å². The Labute approximate surface area is 137 Å². The molecule has 0 spiro atoms. The fraction of sp³-hybridized carbons (Fsp3) is 0.467. The summed E-state index contributed by atoms with van der Waals surface area (Å²) in [6.07, 6.45) is 3.33. The first kappa shape index (κ1) is 13.4. The Kier molecular flexibility index (Phi) is 2.78. The van der Waals surface area contributed by atoms with E-state index >= 15 is 0 Å². The molecule has 5 heterocycles. The van der Waals surface area contributed by atoms with Crippen molar-refractivity contribution in [2.45, 2.75) is 0 Å². The van der Waals surface area contributed by atoms with Gasteiger partial charge in [-0.2, -0.15) is 0 Å². The van der Waals surface area contributed by atoms with Crippen LogP contribution in [0.3, 0.4) is 0 Å². The van der Waals surface area contributed by atoms with Gasteiger partial charge < -0.3 is 9.80 Å². The maximum atomic E-state index is 6.07. The Balaban J connectivity index is 1.64. The molecule has 0 amide bonds. The van der Waals surface area contributed by atoms with Crippen LogP contribution < -0.4 is 4.90 Å². The van der Waals surface area contributed by atoms with Crippen LogP contribution in [0.4, 0.5) is 5.82 Å². The highest BCUT2D eigenvalue weighted by Crippen LogP contribution is 2.34. The van der Waals surface area contributed by atoms with Crippen molar-refractivity contribution in [1.82, 2.24) is 29.5 Å². The second-order valence-corrected chi connectivity index (χ2v) is 7.04. The first-order valence-corrected chi connectivity index (χ1v) is 8.15. The molecule has 2 fully saturated rings. The largest absolute Gasteiger partial charge is 0.353 e. The first-order valence-electron chi connectivity index (χ1n) is 7.77. The summed E-state index contributed by atoms with van der Waals surface area (Å²) >= 11 is 6.07. The lowest BCUT2D eigenvalue weighted by Gasteiger charge is -2.20. The number of aromatic nitrogens is 5. The van der Waals surface area contributed by atoms with Gasteiger partial charge in [-0.15, -0.1) is 10.2 Å². The number of pyridine rings is 1. The van der Waals surface area contributed by atoms with E-state index in [2.05, 4.69) is 32.0 Å². The zero-order valence-electron chi connectivity index (χ0n) is 12.7. The number of fused-ring (bicyclic) bond motifs is 4. The van der Waals surface area contributed by atoms with E-state index in [1.807, 2.05) is 10.5 Å². The summed E-state index contributed by atoms with van der Waals surface area (Å²) in [5.41, 5.74) is 2.28. The molecule has 0 N–H and O–H groups in total. The summed E-state index contributed by atoms with van der Waals surface area (Å²) in [7, 11) is 2.20. The smallest absolute Gasteiger partial charge is 0.204 e. The lowest BCUT2D eigenvalue weighted by atomic mass is 10.0. The fourth-order valence-electron chi connectivity index (χ4n) is 4.01. The van der Waals surface area contributed by atoms with Gasteiger partial charge in [-0.25, -0.2) is 9.97 Å². The van der Waals surface area contributed by atoms with E-state index in [9.17, 15) is 0 Å². The second-order valence-electron chi connectivity index (χ2n) is 6.60. The first-order chi connectivity index (χ1) is 11.2. The van der Waals surface area contributed by atoms with E-state index in [1.54, 1.807) is 12.5 Å². The van der Waals surface area contributed by atoms with Gasteiger partial charge in [0.1, 0.15) is 6.33 Å². The molecule has 0 aliphatic carbocycles. The van der Waals surface area contributed by atoms with Crippen molar-refractivity contribution in [3.05, 3.63) is 23.6 Å². The van der Waals surface area contributed by atoms with E-state index in [1.165, 1.54) is 0 Å². The van der Waals surface area contributed by atoms with Gasteiger partial charge in [-0.1, -0.05) is 11.6 Å². The number of hydrogen-bond donors (Lipinski definition) is 0. The van der Waals surface area contributed by atoms with Crippen LogP contribution in [0.25, 0.3) is 16.8 Å². The standard InChI is InChI=1S/C15H16ClN7/c1-21-4-9-6-22(7-10(9)5-21)14-15-20-18-8-23(15)12-2-11(16)3-17-13(12)19-14/h2-3,8-10H,4-7H2,1H3. The molecule has 23 heavy (non-hydrogen) atoms. The van der Waals surface area contributed by atoms with Gasteiger partial charge in [-0.3, -0.25) is 4.40 Å². The van der Waals surface area contributed by atoms with Gasteiger partial charge in [0.25, 0.3) is 0 Å². The number of hydrogen-bond acceptors (Lipinski definition) is 6. The summed E-state index contributed by atoms with van der Waals surface area (Å²) in [5, 5.41) is 8.93. The summed E-state index contributed by atoms with van der Waals surface area (Å²) in [5.74, 6) is 2.29. The van der Waals surface area contributed by atoms with Crippen molar-refractivity contribution < 1.29 is 0 Å². The highest BCUT2D eigenvalue weighted by Gasteiger charge is 2.40. The molecule has 0 aromatic carbocycles. The third-order valence-electron chi connectivity index (χ3n) is 5.00. The van der Waals surface area contributed by atoms with E-state index in [4.69, 9.17) is 16.6 Å². The van der Waals surface area contributed by atoms with E-state index in [-0.39, 0.29) is 0 Å². The Hall–Kier alpha value is -1.99. The van der Waals surface area contributed by atoms with Gasteiger partial charge in [0.2, 0.25) is 5.65 Å². The van der Waals surface area contributed by atoms with Crippen molar-refractivity contribution in [2.24, 2.45) is 11.8 Å². The van der Waals surface area contributed by atoms with Crippen LogP contribution in [0.1, 0.15) is 0 Å². The Morgan fingerprint density at radius 2 is 1.96 bits per heavy atom. The normalized spacial score (nSPS) is 24.9. The Morgan fingerprint density at radius 1 is 1.17 bits per heavy atom. The van der Waals surface area contributed by atoms with Gasteiger partial charge >= 0.3 is 0 Å². The minimum absolute atomic E-state index is 0.584. The average Bonchev–Trinajstić information content (AvgIpc) is 3.20. The average molecular weight is 330 g/mol.